The van der Waals surface area contributed by atoms with Gasteiger partial charge in [-0.3, -0.25) is 0 Å². The lowest BCUT2D eigenvalue weighted by Gasteiger charge is -2.28. The van der Waals surface area contributed by atoms with E-state index in [0.29, 0.717) is 35.3 Å². The van der Waals surface area contributed by atoms with Crippen LogP contribution in [0.4, 0.5) is 5.95 Å². The molecule has 1 aliphatic heterocycles. The highest BCUT2D eigenvalue weighted by Gasteiger charge is 2.36. The number of aryl methyl sites for hydroxylation is 1. The standard InChI is InChI=1S/C30H27N7O3S2/c1-3-39-28(38)25-24(18-41-30-34-32-27(42-30)20-11-5-4-6-12-20)31-29-33-35-36-37(29)26(25)21-14-9-15-23(16-21)40-17-22-13-8-7-10-19(22)2/h4-16,26H,3,17-18H2,1-2H3,(H,31,33,36). The topological polar surface area (TPSA) is 117 Å². The van der Waals surface area contributed by atoms with E-state index >= 15 is 0 Å². The van der Waals surface area contributed by atoms with E-state index in [1.807, 2.05) is 72.8 Å². The number of hydrogen-bond acceptors (Lipinski definition) is 11. The molecule has 6 rings (SSSR count). The molecule has 1 aliphatic rings. The molecule has 1 unspecified atom stereocenters. The number of hydrogen-bond donors (Lipinski definition) is 1. The Kier molecular flexibility index (Phi) is 8.24. The van der Waals surface area contributed by atoms with Gasteiger partial charge in [0.2, 0.25) is 5.95 Å². The normalized spacial score (nSPS) is 14.3. The Morgan fingerprint density at radius 1 is 1.02 bits per heavy atom. The molecule has 0 aliphatic carbocycles. The maximum Gasteiger partial charge on any atom is 0.338 e. The highest BCUT2D eigenvalue weighted by Crippen LogP contribution is 2.39. The molecule has 212 valence electrons. The van der Waals surface area contributed by atoms with Crippen molar-refractivity contribution < 1.29 is 14.3 Å². The number of aromatic nitrogens is 6. The van der Waals surface area contributed by atoms with Crippen molar-refractivity contribution >= 4 is 35.0 Å². The summed E-state index contributed by atoms with van der Waals surface area (Å²) in [5.74, 6) is 1.06. The first-order valence-electron chi connectivity index (χ1n) is 13.3. The molecule has 2 aromatic heterocycles. The van der Waals surface area contributed by atoms with Crippen LogP contribution in [-0.4, -0.2) is 48.7 Å². The van der Waals surface area contributed by atoms with Crippen LogP contribution >= 0.6 is 23.1 Å². The van der Waals surface area contributed by atoms with Crippen LogP contribution in [-0.2, 0) is 16.1 Å². The van der Waals surface area contributed by atoms with Crippen LogP contribution in [0, 0.1) is 6.92 Å². The van der Waals surface area contributed by atoms with Crippen molar-refractivity contribution in [1.82, 2.24) is 30.4 Å². The van der Waals surface area contributed by atoms with Gasteiger partial charge in [-0.2, -0.15) is 4.68 Å². The number of anilines is 1. The van der Waals surface area contributed by atoms with Crippen LogP contribution in [0.5, 0.6) is 5.75 Å². The third kappa shape index (κ3) is 5.90. The molecule has 3 aromatic carbocycles. The molecule has 5 aromatic rings. The van der Waals surface area contributed by atoms with Crippen LogP contribution in [0.25, 0.3) is 10.6 Å². The Morgan fingerprint density at radius 3 is 2.69 bits per heavy atom. The maximum atomic E-state index is 13.5. The second kappa shape index (κ2) is 12.5. The molecule has 0 saturated carbocycles. The van der Waals surface area contributed by atoms with Gasteiger partial charge in [-0.15, -0.1) is 10.2 Å². The number of thioether (sulfide) groups is 1. The van der Waals surface area contributed by atoms with Gasteiger partial charge < -0.3 is 14.8 Å². The number of benzene rings is 3. The van der Waals surface area contributed by atoms with E-state index in [9.17, 15) is 4.79 Å². The first-order chi connectivity index (χ1) is 20.6. The molecule has 3 heterocycles. The second-order valence-electron chi connectivity index (χ2n) is 9.40. The number of carbonyl (C=O) groups excluding carboxylic acids is 1. The average Bonchev–Trinajstić information content (AvgIpc) is 3.69. The molecule has 0 spiro atoms. The van der Waals surface area contributed by atoms with Crippen LogP contribution in [0.2, 0.25) is 0 Å². The Labute approximate surface area is 250 Å². The molecule has 0 radical (unpaired) electrons. The lowest BCUT2D eigenvalue weighted by atomic mass is 9.95. The fourth-order valence-electron chi connectivity index (χ4n) is 4.61. The minimum absolute atomic E-state index is 0.231. The van der Waals surface area contributed by atoms with Gasteiger partial charge >= 0.3 is 5.97 Å². The summed E-state index contributed by atoms with van der Waals surface area (Å²) in [6.45, 7) is 4.50. The Hall–Kier alpha value is -4.55. The summed E-state index contributed by atoms with van der Waals surface area (Å²) in [5, 5.41) is 25.1. The molecule has 10 nitrogen and oxygen atoms in total. The zero-order chi connectivity index (χ0) is 28.9. The average molecular weight is 598 g/mol. The smallest absolute Gasteiger partial charge is 0.338 e. The van der Waals surface area contributed by atoms with Gasteiger partial charge in [-0.1, -0.05) is 94.9 Å². The number of tetrazole rings is 1. The highest BCUT2D eigenvalue weighted by molar-refractivity contribution is 8.01. The van der Waals surface area contributed by atoms with E-state index in [1.54, 1.807) is 11.6 Å². The van der Waals surface area contributed by atoms with Crippen LogP contribution in [0.1, 0.15) is 29.7 Å². The van der Waals surface area contributed by atoms with Gasteiger partial charge in [-0.25, -0.2) is 4.79 Å². The van der Waals surface area contributed by atoms with Crippen LogP contribution in [0.15, 0.2) is 94.5 Å². The van der Waals surface area contributed by atoms with E-state index in [2.05, 4.69) is 44.0 Å². The van der Waals surface area contributed by atoms with Gasteiger partial charge in [0.1, 0.15) is 23.4 Å². The van der Waals surface area contributed by atoms with Gasteiger partial charge in [0.25, 0.3) is 0 Å². The number of carbonyl (C=O) groups is 1. The molecule has 1 atom stereocenters. The Balaban J connectivity index is 1.31. The number of rotatable bonds is 10. The van der Waals surface area contributed by atoms with E-state index in [4.69, 9.17) is 9.47 Å². The van der Waals surface area contributed by atoms with E-state index in [-0.39, 0.29) is 6.61 Å². The minimum atomic E-state index is -0.623. The van der Waals surface area contributed by atoms with Crippen molar-refractivity contribution in [1.29, 1.82) is 0 Å². The van der Waals surface area contributed by atoms with Crippen molar-refractivity contribution in [3.05, 3.63) is 107 Å². The molecule has 42 heavy (non-hydrogen) atoms. The van der Waals surface area contributed by atoms with Gasteiger partial charge in [-0.05, 0) is 53.1 Å². The fourth-order valence-corrected chi connectivity index (χ4v) is 6.44. The summed E-state index contributed by atoms with van der Waals surface area (Å²) >= 11 is 2.98. The number of ether oxygens (including phenoxy) is 2. The number of nitrogens with zero attached hydrogens (tertiary/aromatic N) is 6. The van der Waals surface area contributed by atoms with Crippen molar-refractivity contribution in [3.8, 4) is 16.3 Å². The molecular formula is C30H27N7O3S2. The van der Waals surface area contributed by atoms with E-state index in [1.165, 1.54) is 23.1 Å². The second-order valence-corrected chi connectivity index (χ2v) is 11.6. The molecule has 0 amide bonds. The Bertz CT molecular complexity index is 1740. The zero-order valence-electron chi connectivity index (χ0n) is 22.9. The summed E-state index contributed by atoms with van der Waals surface area (Å²) < 4.78 is 14.1. The minimum Gasteiger partial charge on any atom is -0.489 e. The lowest BCUT2D eigenvalue weighted by Crippen LogP contribution is -2.31. The number of fused-ring (bicyclic) bond motifs is 1. The monoisotopic (exact) mass is 597 g/mol. The molecule has 0 fully saturated rings. The summed E-state index contributed by atoms with van der Waals surface area (Å²) in [7, 11) is 0. The summed E-state index contributed by atoms with van der Waals surface area (Å²) in [4.78, 5) is 13.5. The maximum absolute atomic E-state index is 13.5. The highest BCUT2D eigenvalue weighted by atomic mass is 32.2. The predicted octanol–water partition coefficient (Wildman–Crippen LogP) is 5.70. The predicted molar refractivity (Wildman–Crippen MR) is 161 cm³/mol. The van der Waals surface area contributed by atoms with E-state index in [0.717, 1.165) is 31.6 Å². The van der Waals surface area contributed by atoms with Crippen molar-refractivity contribution in [3.63, 3.8) is 0 Å². The third-order valence-electron chi connectivity index (χ3n) is 6.69. The van der Waals surface area contributed by atoms with Gasteiger partial charge in [0, 0.05) is 17.0 Å². The molecule has 0 saturated heterocycles. The summed E-state index contributed by atoms with van der Waals surface area (Å²) in [5.41, 5.74) is 5.13. The van der Waals surface area contributed by atoms with Crippen LogP contribution in [0.3, 0.4) is 0 Å². The molecule has 1 N–H and O–H groups in total. The van der Waals surface area contributed by atoms with Crippen LogP contribution < -0.4 is 10.1 Å². The lowest BCUT2D eigenvalue weighted by molar-refractivity contribution is -0.139. The number of nitrogens with one attached hydrogen (secondary N) is 1. The third-order valence-corrected chi connectivity index (χ3v) is 8.82. The molecule has 12 heteroatoms. The SMILES string of the molecule is CCOC(=O)C1=C(CSc2nnc(-c3ccccc3)s2)Nc2nnnn2C1c1cccc(OCc2ccccc2C)c1. The Morgan fingerprint density at radius 2 is 1.86 bits per heavy atom. The fraction of sp³-hybridized carbons (Fsp3) is 0.200. The zero-order valence-corrected chi connectivity index (χ0v) is 24.6. The molecular weight excluding hydrogens is 571 g/mol. The first kappa shape index (κ1) is 27.6. The quantitative estimate of drug-likeness (QED) is 0.159. The summed E-state index contributed by atoms with van der Waals surface area (Å²) in [6, 6.07) is 25.0. The first-order valence-corrected chi connectivity index (χ1v) is 15.1. The van der Waals surface area contributed by atoms with Crippen molar-refractivity contribution in [2.75, 3.05) is 17.7 Å². The van der Waals surface area contributed by atoms with Gasteiger partial charge in [0.15, 0.2) is 4.34 Å². The molecule has 0 bridgehead atoms. The van der Waals surface area contributed by atoms with Crippen molar-refractivity contribution in [2.45, 2.75) is 30.8 Å². The van der Waals surface area contributed by atoms with Gasteiger partial charge in [0.05, 0.1) is 12.2 Å². The number of esters is 1. The van der Waals surface area contributed by atoms with Crippen molar-refractivity contribution in [2.24, 2.45) is 0 Å². The summed E-state index contributed by atoms with van der Waals surface area (Å²) in [6.07, 6.45) is 0. The largest absolute Gasteiger partial charge is 0.489 e. The van der Waals surface area contributed by atoms with E-state index < -0.39 is 12.0 Å².